The Morgan fingerprint density at radius 3 is 2.66 bits per heavy atom. The molecule has 0 aliphatic rings. The van der Waals surface area contributed by atoms with Crippen LogP contribution >= 0.6 is 11.8 Å². The van der Waals surface area contributed by atoms with E-state index in [0.717, 1.165) is 37.7 Å². The van der Waals surface area contributed by atoms with Gasteiger partial charge < -0.3 is 9.84 Å². The standard InChI is InChI=1S/C24H19NO3S/c26-24(27)14-18-7-2-4-11-23(18)29-21-9-5-8-20(15-21)28-16-19-13-12-17-6-1-3-10-22(17)25-19/h1-13,15H,14,16H2,(H,26,27). The van der Waals surface area contributed by atoms with E-state index in [-0.39, 0.29) is 6.42 Å². The average molecular weight is 401 g/mol. The zero-order valence-corrected chi connectivity index (χ0v) is 16.4. The van der Waals surface area contributed by atoms with Gasteiger partial charge >= 0.3 is 5.97 Å². The molecule has 0 saturated carbocycles. The summed E-state index contributed by atoms with van der Waals surface area (Å²) >= 11 is 1.53. The molecule has 4 rings (SSSR count). The maximum Gasteiger partial charge on any atom is 0.307 e. The number of carboxylic acid groups (broad SMARTS) is 1. The molecule has 0 atom stereocenters. The van der Waals surface area contributed by atoms with Crippen molar-refractivity contribution in [3.63, 3.8) is 0 Å². The second-order valence-electron chi connectivity index (χ2n) is 6.54. The smallest absolute Gasteiger partial charge is 0.307 e. The summed E-state index contributed by atoms with van der Waals surface area (Å²) in [6.45, 7) is 0.383. The first-order valence-corrected chi connectivity index (χ1v) is 10.0. The largest absolute Gasteiger partial charge is 0.487 e. The van der Waals surface area contributed by atoms with E-state index >= 15 is 0 Å². The summed E-state index contributed by atoms with van der Waals surface area (Å²) < 4.78 is 5.94. The fraction of sp³-hybridized carbons (Fsp3) is 0.0833. The van der Waals surface area contributed by atoms with Gasteiger partial charge in [-0.1, -0.05) is 60.3 Å². The maximum atomic E-state index is 11.1. The lowest BCUT2D eigenvalue weighted by molar-refractivity contribution is -0.136. The molecule has 144 valence electrons. The molecular formula is C24H19NO3S. The number of aliphatic carboxylic acids is 1. The van der Waals surface area contributed by atoms with Crippen molar-refractivity contribution in [2.75, 3.05) is 0 Å². The third-order valence-corrected chi connectivity index (χ3v) is 5.50. The van der Waals surface area contributed by atoms with Crippen molar-refractivity contribution >= 4 is 28.6 Å². The Bertz CT molecular complexity index is 1160. The molecule has 3 aromatic carbocycles. The van der Waals surface area contributed by atoms with Crippen molar-refractivity contribution in [1.82, 2.24) is 4.98 Å². The minimum atomic E-state index is -0.835. The SMILES string of the molecule is O=C(O)Cc1ccccc1Sc1cccc(OCc2ccc3ccccc3n2)c1. The fourth-order valence-electron chi connectivity index (χ4n) is 3.01. The van der Waals surface area contributed by atoms with Gasteiger partial charge in [-0.3, -0.25) is 4.79 Å². The first kappa shape index (κ1) is 19.0. The number of fused-ring (bicyclic) bond motifs is 1. The van der Waals surface area contributed by atoms with Gasteiger partial charge in [-0.05, 0) is 42.0 Å². The van der Waals surface area contributed by atoms with Gasteiger partial charge in [-0.15, -0.1) is 0 Å². The van der Waals surface area contributed by atoms with Gasteiger partial charge in [-0.2, -0.15) is 0 Å². The van der Waals surface area contributed by atoms with Crippen LogP contribution in [0.15, 0.2) is 94.7 Å². The molecule has 4 aromatic rings. The average Bonchev–Trinajstić information content (AvgIpc) is 2.73. The summed E-state index contributed by atoms with van der Waals surface area (Å²) in [5.74, 6) is -0.0845. The summed E-state index contributed by atoms with van der Waals surface area (Å²) in [7, 11) is 0. The quantitative estimate of drug-likeness (QED) is 0.437. The number of pyridine rings is 1. The van der Waals surface area contributed by atoms with Crippen LogP contribution in [0.4, 0.5) is 0 Å². The van der Waals surface area contributed by atoms with Crippen LogP contribution in [0.2, 0.25) is 0 Å². The van der Waals surface area contributed by atoms with Crippen LogP contribution in [0.5, 0.6) is 5.75 Å². The number of hydrogen-bond donors (Lipinski definition) is 1. The van der Waals surface area contributed by atoms with Crippen LogP contribution in [0, 0.1) is 0 Å². The number of aromatic nitrogens is 1. The molecule has 0 amide bonds. The van der Waals surface area contributed by atoms with E-state index in [4.69, 9.17) is 9.84 Å². The molecule has 0 saturated heterocycles. The molecule has 1 aromatic heterocycles. The number of carboxylic acids is 1. The third-order valence-electron chi connectivity index (χ3n) is 4.39. The lowest BCUT2D eigenvalue weighted by Gasteiger charge is -2.10. The van der Waals surface area contributed by atoms with Crippen molar-refractivity contribution in [1.29, 1.82) is 0 Å². The predicted octanol–water partition coefficient (Wildman–Crippen LogP) is 5.59. The summed E-state index contributed by atoms with van der Waals surface area (Å²) in [5, 5.41) is 10.2. The monoisotopic (exact) mass is 401 g/mol. The van der Waals surface area contributed by atoms with Crippen molar-refractivity contribution in [3.05, 3.63) is 96.2 Å². The number of carbonyl (C=O) groups is 1. The summed E-state index contributed by atoms with van der Waals surface area (Å²) in [5.41, 5.74) is 2.62. The molecule has 4 nitrogen and oxygen atoms in total. The van der Waals surface area contributed by atoms with Crippen molar-refractivity contribution in [2.45, 2.75) is 22.8 Å². The van der Waals surface area contributed by atoms with E-state index < -0.39 is 5.97 Å². The second kappa shape index (κ2) is 8.80. The minimum absolute atomic E-state index is 0.00694. The van der Waals surface area contributed by atoms with Gasteiger partial charge in [0.15, 0.2) is 0 Å². The van der Waals surface area contributed by atoms with Crippen LogP contribution in [-0.2, 0) is 17.8 Å². The molecule has 0 radical (unpaired) electrons. The number of para-hydroxylation sites is 1. The van der Waals surface area contributed by atoms with E-state index in [0.29, 0.717) is 6.61 Å². The second-order valence-corrected chi connectivity index (χ2v) is 7.65. The van der Waals surface area contributed by atoms with Crippen molar-refractivity contribution in [2.24, 2.45) is 0 Å². The number of hydrogen-bond acceptors (Lipinski definition) is 4. The Morgan fingerprint density at radius 1 is 0.931 bits per heavy atom. The summed E-state index contributed by atoms with van der Waals surface area (Å²) in [6, 6.07) is 27.4. The van der Waals surface area contributed by atoms with Gasteiger partial charge in [0.25, 0.3) is 0 Å². The summed E-state index contributed by atoms with van der Waals surface area (Å²) in [4.78, 5) is 17.7. The fourth-order valence-corrected chi connectivity index (χ4v) is 4.01. The van der Waals surface area contributed by atoms with Crippen LogP contribution in [0.25, 0.3) is 10.9 Å². The lowest BCUT2D eigenvalue weighted by Crippen LogP contribution is -2.01. The van der Waals surface area contributed by atoms with Crippen LogP contribution < -0.4 is 4.74 Å². The number of nitrogens with zero attached hydrogens (tertiary/aromatic N) is 1. The normalized spacial score (nSPS) is 10.8. The zero-order chi connectivity index (χ0) is 20.1. The van der Waals surface area contributed by atoms with E-state index in [1.807, 2.05) is 84.9 Å². The predicted molar refractivity (Wildman–Crippen MR) is 114 cm³/mol. The van der Waals surface area contributed by atoms with E-state index in [9.17, 15) is 4.79 Å². The molecule has 0 aliphatic heterocycles. The Labute approximate surface area is 173 Å². The Morgan fingerprint density at radius 2 is 1.76 bits per heavy atom. The molecule has 1 N–H and O–H groups in total. The molecule has 1 heterocycles. The number of ether oxygens (including phenoxy) is 1. The van der Waals surface area contributed by atoms with E-state index in [1.165, 1.54) is 11.8 Å². The molecule has 0 aliphatic carbocycles. The molecule has 29 heavy (non-hydrogen) atoms. The zero-order valence-electron chi connectivity index (χ0n) is 15.6. The topological polar surface area (TPSA) is 59.4 Å². The molecule has 5 heteroatoms. The van der Waals surface area contributed by atoms with Gasteiger partial charge in [0.1, 0.15) is 12.4 Å². The van der Waals surface area contributed by atoms with Crippen molar-refractivity contribution in [3.8, 4) is 5.75 Å². The first-order chi connectivity index (χ1) is 14.2. The Balaban J connectivity index is 1.47. The summed E-state index contributed by atoms with van der Waals surface area (Å²) in [6.07, 6.45) is 0.00694. The van der Waals surface area contributed by atoms with Crippen LogP contribution in [0.3, 0.4) is 0 Å². The molecule has 0 bridgehead atoms. The highest BCUT2D eigenvalue weighted by atomic mass is 32.2. The maximum absolute atomic E-state index is 11.1. The van der Waals surface area contributed by atoms with Crippen LogP contribution in [0.1, 0.15) is 11.3 Å². The van der Waals surface area contributed by atoms with E-state index in [2.05, 4.69) is 4.98 Å². The third kappa shape index (κ3) is 4.95. The number of rotatable bonds is 7. The van der Waals surface area contributed by atoms with Gasteiger partial charge in [0, 0.05) is 15.2 Å². The highest BCUT2D eigenvalue weighted by Gasteiger charge is 2.08. The molecular weight excluding hydrogens is 382 g/mol. The Kier molecular flexibility index (Phi) is 5.77. The highest BCUT2D eigenvalue weighted by Crippen LogP contribution is 2.32. The molecule has 0 fully saturated rings. The minimum Gasteiger partial charge on any atom is -0.487 e. The van der Waals surface area contributed by atoms with Gasteiger partial charge in [0.05, 0.1) is 17.6 Å². The van der Waals surface area contributed by atoms with Gasteiger partial charge in [0.2, 0.25) is 0 Å². The van der Waals surface area contributed by atoms with Crippen LogP contribution in [-0.4, -0.2) is 16.1 Å². The molecule has 0 spiro atoms. The first-order valence-electron chi connectivity index (χ1n) is 9.22. The van der Waals surface area contributed by atoms with E-state index in [1.54, 1.807) is 0 Å². The number of benzene rings is 3. The lowest BCUT2D eigenvalue weighted by atomic mass is 10.1. The Hall–Kier alpha value is -3.31. The van der Waals surface area contributed by atoms with Crippen molar-refractivity contribution < 1.29 is 14.6 Å². The highest BCUT2D eigenvalue weighted by molar-refractivity contribution is 7.99. The van der Waals surface area contributed by atoms with Gasteiger partial charge in [-0.25, -0.2) is 4.98 Å². The molecule has 0 unspecified atom stereocenters.